The first-order valence-electron chi connectivity index (χ1n) is 6.15. The predicted molar refractivity (Wildman–Crippen MR) is 70.5 cm³/mol. The van der Waals surface area contributed by atoms with Gasteiger partial charge in [-0.15, -0.1) is 0 Å². The highest BCUT2D eigenvalue weighted by Gasteiger charge is 2.17. The first kappa shape index (κ1) is 15.8. The third-order valence-electron chi connectivity index (χ3n) is 2.26. The van der Waals surface area contributed by atoms with Crippen molar-refractivity contribution in [3.63, 3.8) is 0 Å². The van der Waals surface area contributed by atoms with Gasteiger partial charge in [0.1, 0.15) is 11.5 Å². The molecule has 6 nitrogen and oxygen atoms in total. The minimum atomic E-state index is -1.01. The first-order chi connectivity index (χ1) is 9.42. The molecule has 1 rings (SSSR count). The molecule has 0 heterocycles. The van der Waals surface area contributed by atoms with Crippen LogP contribution in [0.25, 0.3) is 0 Å². The quantitative estimate of drug-likeness (QED) is 0.470. The zero-order valence-electron chi connectivity index (χ0n) is 11.9. The molecule has 0 fully saturated rings. The van der Waals surface area contributed by atoms with Gasteiger partial charge in [-0.3, -0.25) is 4.79 Å². The highest BCUT2D eigenvalue weighted by atomic mass is 16.8. The van der Waals surface area contributed by atoms with Crippen molar-refractivity contribution in [1.82, 2.24) is 0 Å². The molecule has 0 aromatic heterocycles. The summed E-state index contributed by atoms with van der Waals surface area (Å²) in [7, 11) is 1.50. The van der Waals surface area contributed by atoms with Gasteiger partial charge < -0.3 is 18.9 Å². The van der Waals surface area contributed by atoms with Crippen molar-refractivity contribution in [2.75, 3.05) is 7.11 Å². The first-order valence-corrected chi connectivity index (χ1v) is 6.15. The monoisotopic (exact) mass is 282 g/mol. The molecule has 0 aliphatic rings. The van der Waals surface area contributed by atoms with Gasteiger partial charge in [0.05, 0.1) is 13.0 Å². The second-order valence-electron chi connectivity index (χ2n) is 4.31. The number of esters is 1. The molecule has 110 valence electrons. The van der Waals surface area contributed by atoms with Gasteiger partial charge in [-0.05, 0) is 12.1 Å². The lowest BCUT2D eigenvalue weighted by Gasteiger charge is -2.15. The van der Waals surface area contributed by atoms with Crippen molar-refractivity contribution in [2.24, 2.45) is 5.92 Å². The second-order valence-corrected chi connectivity index (χ2v) is 4.31. The lowest BCUT2D eigenvalue weighted by molar-refractivity contribution is -0.170. The Balaban J connectivity index is 2.48. The Bertz CT molecular complexity index is 468. The Morgan fingerprint density at radius 1 is 1.05 bits per heavy atom. The van der Waals surface area contributed by atoms with Crippen LogP contribution in [0.15, 0.2) is 24.3 Å². The average Bonchev–Trinajstić information content (AvgIpc) is 2.38. The van der Waals surface area contributed by atoms with E-state index in [1.807, 2.05) is 0 Å². The fourth-order valence-electron chi connectivity index (χ4n) is 1.24. The molecule has 0 radical (unpaired) electrons. The highest BCUT2D eigenvalue weighted by Crippen LogP contribution is 2.19. The maximum Gasteiger partial charge on any atom is 0.516 e. The molecule has 0 aliphatic carbocycles. The van der Waals surface area contributed by atoms with E-state index in [9.17, 15) is 9.59 Å². The topological polar surface area (TPSA) is 71.1 Å². The largest absolute Gasteiger partial charge is 0.516 e. The molecule has 1 aromatic rings. The van der Waals surface area contributed by atoms with E-state index in [-0.39, 0.29) is 11.7 Å². The molecule has 0 N–H and O–H groups in total. The normalized spacial score (nSPS) is 11.7. The second kappa shape index (κ2) is 7.37. The number of carbonyl (C=O) groups is 2. The van der Waals surface area contributed by atoms with Gasteiger partial charge in [-0.25, -0.2) is 4.79 Å². The third kappa shape index (κ3) is 5.17. The van der Waals surface area contributed by atoms with Gasteiger partial charge >= 0.3 is 12.1 Å². The molecule has 20 heavy (non-hydrogen) atoms. The van der Waals surface area contributed by atoms with Crippen LogP contribution in [0.3, 0.4) is 0 Å². The van der Waals surface area contributed by atoms with Crippen LogP contribution < -0.4 is 9.47 Å². The Labute approximate surface area is 117 Å². The van der Waals surface area contributed by atoms with Crippen LogP contribution in [0.5, 0.6) is 11.5 Å². The van der Waals surface area contributed by atoms with Crippen LogP contribution in [0.1, 0.15) is 20.8 Å². The zero-order chi connectivity index (χ0) is 15.1. The van der Waals surface area contributed by atoms with Gasteiger partial charge in [0.2, 0.25) is 6.29 Å². The van der Waals surface area contributed by atoms with Crippen LogP contribution in [0.4, 0.5) is 4.79 Å². The summed E-state index contributed by atoms with van der Waals surface area (Å²) in [5.74, 6) is 0.0773. The van der Waals surface area contributed by atoms with E-state index in [1.165, 1.54) is 20.1 Å². The van der Waals surface area contributed by atoms with E-state index >= 15 is 0 Å². The number of hydrogen-bond donors (Lipinski definition) is 0. The smallest absolute Gasteiger partial charge is 0.497 e. The maximum atomic E-state index is 11.5. The molecule has 0 bridgehead atoms. The van der Waals surface area contributed by atoms with Crippen LogP contribution in [0.2, 0.25) is 0 Å². The Morgan fingerprint density at radius 3 is 2.30 bits per heavy atom. The van der Waals surface area contributed by atoms with Crippen molar-refractivity contribution >= 4 is 12.1 Å². The number of rotatable bonds is 5. The lowest BCUT2D eigenvalue weighted by atomic mass is 10.2. The molecule has 0 spiro atoms. The highest BCUT2D eigenvalue weighted by molar-refractivity contribution is 5.72. The predicted octanol–water partition coefficient (Wildman–Crippen LogP) is 2.76. The Hall–Kier alpha value is -2.24. The van der Waals surface area contributed by atoms with Crippen LogP contribution >= 0.6 is 0 Å². The van der Waals surface area contributed by atoms with E-state index in [0.717, 1.165) is 0 Å². The van der Waals surface area contributed by atoms with Gasteiger partial charge in [0, 0.05) is 13.0 Å². The SMILES string of the molecule is COc1cccc(OC(=O)O[C@H](C)OC(=O)C(C)C)c1. The minimum Gasteiger partial charge on any atom is -0.497 e. The van der Waals surface area contributed by atoms with Gasteiger partial charge in [-0.1, -0.05) is 19.9 Å². The molecule has 1 atom stereocenters. The molecular weight excluding hydrogens is 264 g/mol. The molecular formula is C14H18O6. The number of ether oxygens (including phenoxy) is 4. The summed E-state index contributed by atoms with van der Waals surface area (Å²) in [6, 6.07) is 6.50. The van der Waals surface area contributed by atoms with E-state index < -0.39 is 18.4 Å². The summed E-state index contributed by atoms with van der Waals surface area (Å²) in [4.78, 5) is 22.8. The molecule has 0 saturated carbocycles. The van der Waals surface area contributed by atoms with Crippen molar-refractivity contribution < 1.29 is 28.5 Å². The van der Waals surface area contributed by atoms with Crippen LogP contribution in [-0.2, 0) is 14.3 Å². The number of carbonyl (C=O) groups excluding carboxylic acids is 2. The fraction of sp³-hybridized carbons (Fsp3) is 0.429. The summed E-state index contributed by atoms with van der Waals surface area (Å²) < 4.78 is 19.6. The molecule has 0 amide bonds. The number of benzene rings is 1. The van der Waals surface area contributed by atoms with Crippen molar-refractivity contribution in [1.29, 1.82) is 0 Å². The van der Waals surface area contributed by atoms with E-state index in [4.69, 9.17) is 18.9 Å². The summed E-state index contributed by atoms with van der Waals surface area (Å²) in [6.45, 7) is 4.81. The number of methoxy groups -OCH3 is 1. The lowest BCUT2D eigenvalue weighted by Crippen LogP contribution is -2.25. The Kier molecular flexibility index (Phi) is 5.83. The van der Waals surface area contributed by atoms with Crippen LogP contribution in [0, 0.1) is 5.92 Å². The van der Waals surface area contributed by atoms with Gasteiger partial charge in [0.15, 0.2) is 0 Å². The number of hydrogen-bond acceptors (Lipinski definition) is 6. The van der Waals surface area contributed by atoms with E-state index in [2.05, 4.69) is 0 Å². The molecule has 0 aliphatic heterocycles. The molecule has 0 saturated heterocycles. The minimum absolute atomic E-state index is 0.275. The standard InChI is InChI=1S/C14H18O6/c1-9(2)13(15)18-10(3)19-14(16)20-12-7-5-6-11(8-12)17-4/h5-10H,1-4H3/t10-/m1/s1. The third-order valence-corrected chi connectivity index (χ3v) is 2.26. The van der Waals surface area contributed by atoms with Crippen molar-refractivity contribution in [2.45, 2.75) is 27.1 Å². The van der Waals surface area contributed by atoms with E-state index in [0.29, 0.717) is 5.75 Å². The molecule has 0 unspecified atom stereocenters. The Morgan fingerprint density at radius 2 is 1.70 bits per heavy atom. The van der Waals surface area contributed by atoms with E-state index in [1.54, 1.807) is 32.0 Å². The average molecular weight is 282 g/mol. The molecule has 6 heteroatoms. The summed E-state index contributed by atoms with van der Waals surface area (Å²) >= 11 is 0. The van der Waals surface area contributed by atoms with Gasteiger partial charge in [-0.2, -0.15) is 0 Å². The van der Waals surface area contributed by atoms with Crippen LogP contribution in [-0.4, -0.2) is 25.5 Å². The van der Waals surface area contributed by atoms with Crippen molar-refractivity contribution in [3.05, 3.63) is 24.3 Å². The fourth-order valence-corrected chi connectivity index (χ4v) is 1.24. The molecule has 1 aromatic carbocycles. The maximum absolute atomic E-state index is 11.5. The van der Waals surface area contributed by atoms with Crippen molar-refractivity contribution in [3.8, 4) is 11.5 Å². The summed E-state index contributed by atoms with van der Waals surface area (Å²) in [6.07, 6.45) is -1.97. The summed E-state index contributed by atoms with van der Waals surface area (Å²) in [5.41, 5.74) is 0. The van der Waals surface area contributed by atoms with Gasteiger partial charge in [0.25, 0.3) is 0 Å². The summed E-state index contributed by atoms with van der Waals surface area (Å²) in [5, 5.41) is 0. The zero-order valence-corrected chi connectivity index (χ0v) is 11.9.